The van der Waals surface area contributed by atoms with Crippen molar-refractivity contribution in [3.63, 3.8) is 0 Å². The first-order valence-electron chi connectivity index (χ1n) is 6.30. The third-order valence-corrected chi connectivity index (χ3v) is 3.21. The summed E-state index contributed by atoms with van der Waals surface area (Å²) in [7, 11) is 3.32. The second kappa shape index (κ2) is 5.77. The van der Waals surface area contributed by atoms with Crippen molar-refractivity contribution in [2.75, 3.05) is 20.6 Å². The molecule has 0 aliphatic heterocycles. The molecule has 4 heteroatoms. The number of terminal acetylenes is 1. The first kappa shape index (κ1) is 13.4. The van der Waals surface area contributed by atoms with E-state index in [1.165, 1.54) is 16.0 Å². The molecule has 1 aliphatic carbocycles. The maximum Gasteiger partial charge on any atom is 0.414 e. The number of carbonyl (C=O) groups excluding carboxylic acids is 1. The van der Waals surface area contributed by atoms with Gasteiger partial charge in [0.25, 0.3) is 0 Å². The van der Waals surface area contributed by atoms with Crippen LogP contribution in [0.25, 0.3) is 0 Å². The number of amides is 1. The summed E-state index contributed by atoms with van der Waals surface area (Å²) in [5.41, 5.74) is 2.47. The molecule has 0 heterocycles. The van der Waals surface area contributed by atoms with Gasteiger partial charge < -0.3 is 9.64 Å². The molecule has 4 nitrogen and oxygen atoms in total. The second-order valence-corrected chi connectivity index (χ2v) is 4.80. The Labute approximate surface area is 113 Å². The van der Waals surface area contributed by atoms with Crippen molar-refractivity contribution in [3.05, 3.63) is 29.3 Å². The van der Waals surface area contributed by atoms with Crippen LogP contribution >= 0.6 is 0 Å². The van der Waals surface area contributed by atoms with E-state index in [4.69, 9.17) is 11.2 Å². The zero-order valence-electron chi connectivity index (χ0n) is 11.3. The summed E-state index contributed by atoms with van der Waals surface area (Å²) < 4.78 is 5.25. The lowest BCUT2D eigenvalue weighted by atomic mass is 10.1. The molecule has 0 radical (unpaired) electrons. The van der Waals surface area contributed by atoms with E-state index in [-0.39, 0.29) is 6.09 Å². The number of carbonyl (C=O) groups is 1. The normalized spacial score (nSPS) is 16.6. The van der Waals surface area contributed by atoms with Crippen LogP contribution in [-0.4, -0.2) is 31.6 Å². The van der Waals surface area contributed by atoms with E-state index in [9.17, 15) is 4.79 Å². The van der Waals surface area contributed by atoms with Crippen LogP contribution in [0.15, 0.2) is 18.2 Å². The van der Waals surface area contributed by atoms with Crippen molar-refractivity contribution >= 4 is 6.09 Å². The first-order valence-corrected chi connectivity index (χ1v) is 6.30. The molecule has 1 amide bonds. The average molecular weight is 258 g/mol. The Morgan fingerprint density at radius 3 is 3.05 bits per heavy atom. The first-order chi connectivity index (χ1) is 9.11. The number of rotatable bonds is 3. The summed E-state index contributed by atoms with van der Waals surface area (Å²) in [6.45, 7) is 0.571. The van der Waals surface area contributed by atoms with Crippen molar-refractivity contribution < 1.29 is 9.53 Å². The van der Waals surface area contributed by atoms with E-state index in [0.717, 1.165) is 12.8 Å². The summed E-state index contributed by atoms with van der Waals surface area (Å²) in [6.07, 6.45) is 6.91. The minimum absolute atomic E-state index is 0.310. The highest BCUT2D eigenvalue weighted by atomic mass is 16.6. The number of hydrogen-bond donors (Lipinski definition) is 1. The fraction of sp³-hybridized carbons (Fsp3) is 0.400. The van der Waals surface area contributed by atoms with Gasteiger partial charge in [-0.2, -0.15) is 0 Å². The fourth-order valence-corrected chi connectivity index (χ4v) is 2.24. The lowest BCUT2D eigenvalue weighted by Crippen LogP contribution is -2.25. The van der Waals surface area contributed by atoms with Crippen LogP contribution in [0.5, 0.6) is 5.75 Å². The topological polar surface area (TPSA) is 41.6 Å². The minimum Gasteiger partial charge on any atom is -0.410 e. The molecule has 0 aromatic heterocycles. The standard InChI is InChI=1S/C15H18N2O2/c1-4-9-16-14-8-5-11-10-12(6-7-13(11)14)19-15(18)17(2)3/h1,6-7,10,14,16H,5,8-9H2,2-3H3/t14-/m0/s1. The van der Waals surface area contributed by atoms with Crippen LogP contribution in [0.2, 0.25) is 0 Å². The van der Waals surface area contributed by atoms with Gasteiger partial charge >= 0.3 is 6.09 Å². The van der Waals surface area contributed by atoms with Crippen LogP contribution in [0.4, 0.5) is 4.79 Å². The molecular weight excluding hydrogens is 240 g/mol. The highest BCUT2D eigenvalue weighted by Gasteiger charge is 2.22. The molecule has 1 aromatic rings. The number of nitrogens with zero attached hydrogens (tertiary/aromatic N) is 1. The third kappa shape index (κ3) is 3.07. The number of fused-ring (bicyclic) bond motifs is 1. The maximum absolute atomic E-state index is 11.5. The van der Waals surface area contributed by atoms with Crippen LogP contribution in [0.3, 0.4) is 0 Å². The molecule has 1 aliphatic rings. The van der Waals surface area contributed by atoms with Gasteiger partial charge in [-0.1, -0.05) is 12.0 Å². The number of aryl methyl sites for hydroxylation is 1. The summed E-state index contributed by atoms with van der Waals surface area (Å²) in [4.78, 5) is 12.9. The van der Waals surface area contributed by atoms with E-state index < -0.39 is 0 Å². The van der Waals surface area contributed by atoms with Gasteiger partial charge in [0.2, 0.25) is 0 Å². The summed E-state index contributed by atoms with van der Waals surface area (Å²) in [5.74, 6) is 3.18. The Bertz CT molecular complexity index is 517. The zero-order valence-corrected chi connectivity index (χ0v) is 11.3. The van der Waals surface area contributed by atoms with E-state index in [1.807, 2.05) is 18.2 Å². The monoisotopic (exact) mass is 258 g/mol. The molecule has 0 fully saturated rings. The highest BCUT2D eigenvalue weighted by Crippen LogP contribution is 2.33. The fourth-order valence-electron chi connectivity index (χ4n) is 2.24. The van der Waals surface area contributed by atoms with E-state index in [0.29, 0.717) is 18.3 Å². The molecule has 0 saturated heterocycles. The maximum atomic E-state index is 11.5. The highest BCUT2D eigenvalue weighted by molar-refractivity contribution is 5.70. The Hall–Kier alpha value is -1.99. The largest absolute Gasteiger partial charge is 0.414 e. The number of hydrogen-bond acceptors (Lipinski definition) is 3. The molecule has 1 N–H and O–H groups in total. The third-order valence-electron chi connectivity index (χ3n) is 3.21. The van der Waals surface area contributed by atoms with Crippen molar-refractivity contribution in [1.82, 2.24) is 10.2 Å². The minimum atomic E-state index is -0.361. The van der Waals surface area contributed by atoms with Crippen molar-refractivity contribution in [3.8, 4) is 18.1 Å². The molecule has 0 spiro atoms. The number of nitrogens with one attached hydrogen (secondary N) is 1. The number of benzene rings is 1. The van der Waals surface area contributed by atoms with E-state index in [1.54, 1.807) is 14.1 Å². The molecule has 100 valence electrons. The Morgan fingerprint density at radius 2 is 2.37 bits per heavy atom. The van der Waals surface area contributed by atoms with Gasteiger partial charge in [0.1, 0.15) is 5.75 Å². The van der Waals surface area contributed by atoms with Gasteiger partial charge in [0.05, 0.1) is 6.54 Å². The lowest BCUT2D eigenvalue weighted by Gasteiger charge is -2.13. The molecule has 19 heavy (non-hydrogen) atoms. The second-order valence-electron chi connectivity index (χ2n) is 4.80. The van der Waals surface area contributed by atoms with E-state index in [2.05, 4.69) is 11.2 Å². The summed E-state index contributed by atoms with van der Waals surface area (Å²) >= 11 is 0. The van der Waals surface area contributed by atoms with Gasteiger partial charge in [-0.3, -0.25) is 5.32 Å². The lowest BCUT2D eigenvalue weighted by molar-refractivity contribution is 0.172. The van der Waals surface area contributed by atoms with Gasteiger partial charge in [0.15, 0.2) is 0 Å². The summed E-state index contributed by atoms with van der Waals surface area (Å²) in [5, 5.41) is 3.31. The van der Waals surface area contributed by atoms with E-state index >= 15 is 0 Å². The molecule has 0 saturated carbocycles. The molecule has 2 rings (SSSR count). The van der Waals surface area contributed by atoms with Crippen LogP contribution in [-0.2, 0) is 6.42 Å². The van der Waals surface area contributed by atoms with Crippen LogP contribution in [0, 0.1) is 12.3 Å². The molecular formula is C15H18N2O2. The Kier molecular flexibility index (Phi) is 4.08. The van der Waals surface area contributed by atoms with Crippen molar-refractivity contribution in [2.45, 2.75) is 18.9 Å². The number of ether oxygens (including phenoxy) is 1. The van der Waals surface area contributed by atoms with Crippen molar-refractivity contribution in [1.29, 1.82) is 0 Å². The Balaban J connectivity index is 2.09. The van der Waals surface area contributed by atoms with Gasteiger partial charge in [0, 0.05) is 20.1 Å². The summed E-state index contributed by atoms with van der Waals surface area (Å²) in [6, 6.07) is 6.09. The zero-order chi connectivity index (χ0) is 13.8. The predicted octanol–water partition coefficient (Wildman–Crippen LogP) is 1.96. The quantitative estimate of drug-likeness (QED) is 0.843. The molecule has 0 bridgehead atoms. The Morgan fingerprint density at radius 1 is 1.58 bits per heavy atom. The van der Waals surface area contributed by atoms with Gasteiger partial charge in [-0.05, 0) is 36.1 Å². The molecule has 1 aromatic carbocycles. The average Bonchev–Trinajstić information content (AvgIpc) is 2.78. The van der Waals surface area contributed by atoms with Crippen LogP contribution < -0.4 is 10.1 Å². The predicted molar refractivity (Wildman–Crippen MR) is 74.1 cm³/mol. The molecule has 1 atom stereocenters. The smallest absolute Gasteiger partial charge is 0.410 e. The molecule has 0 unspecified atom stereocenters. The van der Waals surface area contributed by atoms with Gasteiger partial charge in [-0.15, -0.1) is 6.42 Å². The van der Waals surface area contributed by atoms with Crippen molar-refractivity contribution in [2.24, 2.45) is 0 Å². The van der Waals surface area contributed by atoms with Crippen LogP contribution in [0.1, 0.15) is 23.6 Å². The SMILES string of the molecule is C#CCN[C@H]1CCc2cc(OC(=O)N(C)C)ccc21. The van der Waals surface area contributed by atoms with Gasteiger partial charge in [-0.25, -0.2) is 4.79 Å².